The molecular weight excluding hydrogens is 384 g/mol. The maximum Gasteiger partial charge on any atom is 0.244 e. The molecule has 0 aliphatic carbocycles. The van der Waals surface area contributed by atoms with Crippen LogP contribution in [0.25, 0.3) is 6.08 Å². The summed E-state index contributed by atoms with van der Waals surface area (Å²) in [5, 5.41) is 5.82. The first-order chi connectivity index (χ1) is 14.1. The van der Waals surface area contributed by atoms with Gasteiger partial charge in [0, 0.05) is 17.0 Å². The zero-order valence-corrected chi connectivity index (χ0v) is 17.4. The highest BCUT2D eigenvalue weighted by Gasteiger charge is 2.04. The summed E-state index contributed by atoms with van der Waals surface area (Å²) in [5.41, 5.74) is 2.88. The van der Waals surface area contributed by atoms with Crippen LogP contribution >= 0.6 is 11.3 Å². The summed E-state index contributed by atoms with van der Waals surface area (Å²) in [4.78, 5) is 16.5. The van der Waals surface area contributed by atoms with Crippen LogP contribution in [0.1, 0.15) is 21.8 Å². The van der Waals surface area contributed by atoms with E-state index in [9.17, 15) is 4.79 Å². The number of rotatable bonds is 9. The summed E-state index contributed by atoms with van der Waals surface area (Å²) in [6, 6.07) is 15.4. The molecule has 1 aromatic heterocycles. The molecule has 150 valence electrons. The zero-order chi connectivity index (χ0) is 20.5. The van der Waals surface area contributed by atoms with Crippen molar-refractivity contribution in [3.8, 4) is 11.5 Å². The summed E-state index contributed by atoms with van der Waals surface area (Å²) in [7, 11) is 0. The summed E-state index contributed by atoms with van der Waals surface area (Å²) in [5.74, 6) is 1.34. The van der Waals surface area contributed by atoms with Crippen molar-refractivity contribution in [2.45, 2.75) is 20.5 Å². The lowest BCUT2D eigenvalue weighted by molar-refractivity contribution is -0.116. The van der Waals surface area contributed by atoms with Crippen LogP contribution in [-0.2, 0) is 11.4 Å². The minimum atomic E-state index is -0.178. The molecule has 0 aliphatic rings. The van der Waals surface area contributed by atoms with E-state index in [1.807, 2.05) is 67.8 Å². The van der Waals surface area contributed by atoms with Gasteiger partial charge in [0.15, 0.2) is 0 Å². The molecule has 0 aliphatic heterocycles. The maximum absolute atomic E-state index is 12.1. The number of nitrogens with one attached hydrogen (secondary N) is 1. The molecular formula is C23H24N2O3S. The molecule has 3 aromatic rings. The molecule has 0 saturated heterocycles. The highest BCUT2D eigenvalue weighted by Crippen LogP contribution is 2.21. The minimum absolute atomic E-state index is 0.178. The average Bonchev–Trinajstić information content (AvgIpc) is 3.14. The number of nitrogens with zero attached hydrogens (tertiary/aromatic N) is 1. The largest absolute Gasteiger partial charge is 0.492 e. The van der Waals surface area contributed by atoms with Gasteiger partial charge in [-0.2, -0.15) is 0 Å². The molecule has 0 unspecified atom stereocenters. The monoisotopic (exact) mass is 408 g/mol. The first kappa shape index (κ1) is 20.6. The molecule has 0 fully saturated rings. The third-order valence-corrected chi connectivity index (χ3v) is 4.86. The molecule has 1 N–H and O–H groups in total. The molecule has 2 aromatic carbocycles. The predicted octanol–water partition coefficient (Wildman–Crippen LogP) is 4.55. The van der Waals surface area contributed by atoms with E-state index in [0.717, 1.165) is 27.6 Å². The Morgan fingerprint density at radius 1 is 1.14 bits per heavy atom. The van der Waals surface area contributed by atoms with Gasteiger partial charge in [-0.3, -0.25) is 4.79 Å². The predicted molar refractivity (Wildman–Crippen MR) is 116 cm³/mol. The van der Waals surface area contributed by atoms with Gasteiger partial charge in [0.05, 0.1) is 17.2 Å². The molecule has 3 rings (SSSR count). The number of hydrogen-bond donors (Lipinski definition) is 1. The average molecular weight is 409 g/mol. The van der Waals surface area contributed by atoms with E-state index in [4.69, 9.17) is 9.47 Å². The van der Waals surface area contributed by atoms with Crippen LogP contribution < -0.4 is 14.8 Å². The van der Waals surface area contributed by atoms with Crippen LogP contribution in [-0.4, -0.2) is 24.0 Å². The van der Waals surface area contributed by atoms with Crippen molar-refractivity contribution in [3.05, 3.63) is 81.8 Å². The highest BCUT2D eigenvalue weighted by molar-refractivity contribution is 7.09. The van der Waals surface area contributed by atoms with Crippen LogP contribution in [0.2, 0.25) is 0 Å². The van der Waals surface area contributed by atoms with Gasteiger partial charge >= 0.3 is 0 Å². The van der Waals surface area contributed by atoms with Gasteiger partial charge in [-0.25, -0.2) is 4.98 Å². The number of thiazole rings is 1. The van der Waals surface area contributed by atoms with Crippen molar-refractivity contribution in [2.75, 3.05) is 13.2 Å². The van der Waals surface area contributed by atoms with E-state index in [2.05, 4.69) is 10.3 Å². The zero-order valence-electron chi connectivity index (χ0n) is 16.6. The van der Waals surface area contributed by atoms with E-state index in [1.54, 1.807) is 17.4 Å². The number of aryl methyl sites for hydroxylation is 2. The number of benzene rings is 2. The fraction of sp³-hybridized carbons (Fsp3) is 0.217. The fourth-order valence-electron chi connectivity index (χ4n) is 2.65. The van der Waals surface area contributed by atoms with Crippen molar-refractivity contribution in [1.82, 2.24) is 10.3 Å². The van der Waals surface area contributed by atoms with Gasteiger partial charge in [0.2, 0.25) is 5.91 Å². The smallest absolute Gasteiger partial charge is 0.244 e. The standard InChI is InChI=1S/C23H24N2O3S/c1-17-6-5-8-21(14-17)27-13-12-24-23(26)11-10-19-7-3-4-9-22(19)28-15-20-16-29-18(2)25-20/h3-11,14,16H,12-13,15H2,1-2H3,(H,24,26)/b11-10+. The molecule has 1 amide bonds. The Morgan fingerprint density at radius 3 is 2.79 bits per heavy atom. The lowest BCUT2D eigenvalue weighted by atomic mass is 10.2. The molecule has 5 nitrogen and oxygen atoms in total. The van der Waals surface area contributed by atoms with Crippen LogP contribution in [0, 0.1) is 13.8 Å². The Kier molecular flexibility index (Phi) is 7.41. The van der Waals surface area contributed by atoms with Crippen molar-refractivity contribution < 1.29 is 14.3 Å². The van der Waals surface area contributed by atoms with Crippen molar-refractivity contribution in [1.29, 1.82) is 0 Å². The minimum Gasteiger partial charge on any atom is -0.492 e. The van der Waals surface area contributed by atoms with Crippen LogP contribution in [0.4, 0.5) is 0 Å². The second kappa shape index (κ2) is 10.4. The number of carbonyl (C=O) groups is 1. The van der Waals surface area contributed by atoms with Gasteiger partial charge < -0.3 is 14.8 Å². The van der Waals surface area contributed by atoms with Gasteiger partial charge in [0.25, 0.3) is 0 Å². The van der Waals surface area contributed by atoms with E-state index >= 15 is 0 Å². The Labute approximate surface area is 175 Å². The maximum atomic E-state index is 12.1. The van der Waals surface area contributed by atoms with Gasteiger partial charge in [-0.1, -0.05) is 30.3 Å². The van der Waals surface area contributed by atoms with E-state index in [-0.39, 0.29) is 5.91 Å². The fourth-order valence-corrected chi connectivity index (χ4v) is 3.25. The molecule has 29 heavy (non-hydrogen) atoms. The van der Waals surface area contributed by atoms with Gasteiger partial charge in [-0.05, 0) is 43.7 Å². The van der Waals surface area contributed by atoms with Gasteiger partial charge in [-0.15, -0.1) is 11.3 Å². The number of amides is 1. The summed E-state index contributed by atoms with van der Waals surface area (Å²) < 4.78 is 11.5. The molecule has 6 heteroatoms. The molecule has 0 spiro atoms. The number of ether oxygens (including phenoxy) is 2. The summed E-state index contributed by atoms with van der Waals surface area (Å²) in [6.45, 7) is 5.22. The number of carbonyl (C=O) groups excluding carboxylic acids is 1. The second-order valence-corrected chi connectivity index (χ2v) is 7.54. The van der Waals surface area contributed by atoms with Crippen LogP contribution in [0.15, 0.2) is 60.0 Å². The SMILES string of the molecule is Cc1cccc(OCCNC(=O)/C=C/c2ccccc2OCc2csc(C)n2)c1. The number of para-hydroxylation sites is 1. The molecule has 0 bridgehead atoms. The Bertz CT molecular complexity index is 982. The van der Waals surface area contributed by atoms with Crippen molar-refractivity contribution in [3.63, 3.8) is 0 Å². The topological polar surface area (TPSA) is 60.5 Å². The Balaban J connectivity index is 1.46. The van der Waals surface area contributed by atoms with Crippen LogP contribution in [0.3, 0.4) is 0 Å². The van der Waals surface area contributed by atoms with E-state index in [1.165, 1.54) is 6.08 Å². The summed E-state index contributed by atoms with van der Waals surface area (Å²) in [6.07, 6.45) is 3.25. The van der Waals surface area contributed by atoms with Gasteiger partial charge in [0.1, 0.15) is 24.7 Å². The highest BCUT2D eigenvalue weighted by atomic mass is 32.1. The van der Waals surface area contributed by atoms with Crippen molar-refractivity contribution in [2.24, 2.45) is 0 Å². The molecule has 0 atom stereocenters. The quantitative estimate of drug-likeness (QED) is 0.417. The van der Waals surface area contributed by atoms with E-state index in [0.29, 0.717) is 25.5 Å². The first-order valence-electron chi connectivity index (χ1n) is 9.38. The lowest BCUT2D eigenvalue weighted by Crippen LogP contribution is -2.26. The Morgan fingerprint density at radius 2 is 2.00 bits per heavy atom. The Hall–Kier alpha value is -3.12. The first-order valence-corrected chi connectivity index (χ1v) is 10.3. The molecule has 0 saturated carbocycles. The van der Waals surface area contributed by atoms with Crippen molar-refractivity contribution >= 4 is 23.3 Å². The van der Waals surface area contributed by atoms with E-state index < -0.39 is 0 Å². The molecule has 1 heterocycles. The summed E-state index contributed by atoms with van der Waals surface area (Å²) >= 11 is 1.60. The second-order valence-electron chi connectivity index (χ2n) is 6.47. The number of hydrogen-bond acceptors (Lipinski definition) is 5. The third-order valence-electron chi connectivity index (χ3n) is 4.03. The lowest BCUT2D eigenvalue weighted by Gasteiger charge is -2.08. The number of aromatic nitrogens is 1. The third kappa shape index (κ3) is 6.76. The normalized spacial score (nSPS) is 10.8. The molecule has 0 radical (unpaired) electrons. The van der Waals surface area contributed by atoms with Crippen LogP contribution in [0.5, 0.6) is 11.5 Å².